The minimum Gasteiger partial charge on any atom is -0.492 e. The van der Waals surface area contributed by atoms with Crippen molar-refractivity contribution in [3.63, 3.8) is 0 Å². The zero-order chi connectivity index (χ0) is 31.7. The number of carbonyl (C=O) groups excluding carboxylic acids is 2. The van der Waals surface area contributed by atoms with Gasteiger partial charge >= 0.3 is 0 Å². The second-order valence-electron chi connectivity index (χ2n) is 11.3. The van der Waals surface area contributed by atoms with Crippen molar-refractivity contribution in [2.45, 2.75) is 33.1 Å². The van der Waals surface area contributed by atoms with Crippen LogP contribution >= 0.6 is 0 Å². The molecule has 0 spiro atoms. The normalized spacial score (nSPS) is 15.0. The first-order chi connectivity index (χ1) is 20.3. The first kappa shape index (κ1) is 34.0. The number of nitrogens with two attached hydrogens (primary N) is 1. The molecule has 1 atom stereocenters. The first-order valence-corrected chi connectivity index (χ1v) is 15.7. The molecule has 0 radical (unpaired) electrons. The van der Waals surface area contributed by atoms with Crippen LogP contribution in [0.1, 0.15) is 42.3 Å². The Morgan fingerprint density at radius 3 is 2.47 bits per heavy atom. The Morgan fingerprint density at radius 2 is 1.86 bits per heavy atom. The molecular weight excluding hydrogens is 570 g/mol. The van der Waals surface area contributed by atoms with E-state index in [1.807, 2.05) is 25.1 Å². The maximum Gasteiger partial charge on any atom is 0.268 e. The molecule has 1 heterocycles. The highest BCUT2D eigenvalue weighted by atomic mass is 32.2. The molecule has 13 heteroatoms. The molecule has 1 aliphatic rings. The van der Waals surface area contributed by atoms with Crippen molar-refractivity contribution >= 4 is 40.2 Å². The van der Waals surface area contributed by atoms with E-state index in [2.05, 4.69) is 46.5 Å². The van der Waals surface area contributed by atoms with Crippen LogP contribution in [0.5, 0.6) is 5.75 Å². The van der Waals surface area contributed by atoms with Gasteiger partial charge in [-0.2, -0.15) is 9.27 Å². The highest BCUT2D eigenvalue weighted by Gasteiger charge is 2.24. The lowest BCUT2D eigenvalue weighted by molar-refractivity contribution is -0.117. The van der Waals surface area contributed by atoms with Crippen LogP contribution in [-0.2, 0) is 26.3 Å². The second-order valence-corrected chi connectivity index (χ2v) is 12.4. The molecule has 1 saturated heterocycles. The number of hydrogen-bond donors (Lipinski definition) is 6. The highest BCUT2D eigenvalue weighted by Crippen LogP contribution is 2.39. The van der Waals surface area contributed by atoms with Crippen LogP contribution in [-0.4, -0.2) is 81.1 Å². The van der Waals surface area contributed by atoms with Crippen LogP contribution in [0.25, 0.3) is 0 Å². The zero-order valence-electron chi connectivity index (χ0n) is 26.2. The third-order valence-corrected chi connectivity index (χ3v) is 7.50. The molecule has 43 heavy (non-hydrogen) atoms. The lowest BCUT2D eigenvalue weighted by Crippen LogP contribution is -2.42. The lowest BCUT2D eigenvalue weighted by atomic mass is 9.86. The summed E-state index contributed by atoms with van der Waals surface area (Å²) in [5.74, 6) is -0.327. The van der Waals surface area contributed by atoms with Gasteiger partial charge in [0.15, 0.2) is 12.0 Å². The molecular formula is C30H46N7O5S+. The van der Waals surface area contributed by atoms with E-state index in [1.165, 1.54) is 13.3 Å². The number of rotatable bonds is 12. The number of aryl methyl sites for hydroxylation is 1. The molecule has 1 unspecified atom stereocenters. The molecule has 0 saturated carbocycles. The first-order valence-electron chi connectivity index (χ1n) is 14.1. The Morgan fingerprint density at radius 1 is 1.19 bits per heavy atom. The summed E-state index contributed by atoms with van der Waals surface area (Å²) in [6, 6.07) is 9.06. The topological polar surface area (TPSA) is 153 Å². The second kappa shape index (κ2) is 15.3. The third-order valence-electron chi connectivity index (χ3n) is 6.98. The molecule has 0 aliphatic carbocycles. The number of carbonyl (C=O) groups is 2. The van der Waals surface area contributed by atoms with Gasteiger partial charge in [-0.3, -0.25) is 19.5 Å². The monoisotopic (exact) mass is 616 g/mol. The SMILES string of the molecule is CNN(/C=C(\N)C(=O)NCCN1CCOCC1)c1cc(C(=O)Nc2cc(C(C)(C)C)cc(N[S+](C)O)c2OC)ccc1C. The van der Waals surface area contributed by atoms with Gasteiger partial charge in [0, 0.05) is 38.8 Å². The molecule has 0 bridgehead atoms. The van der Waals surface area contributed by atoms with E-state index < -0.39 is 11.4 Å². The Labute approximate surface area is 257 Å². The van der Waals surface area contributed by atoms with Gasteiger partial charge in [-0.05, 0) is 47.7 Å². The number of benzene rings is 2. The molecule has 3 rings (SSSR count). The molecule has 1 aliphatic heterocycles. The van der Waals surface area contributed by atoms with Crippen molar-refractivity contribution in [1.29, 1.82) is 0 Å². The Hall–Kier alpha value is -3.49. The zero-order valence-corrected chi connectivity index (χ0v) is 27.0. The van der Waals surface area contributed by atoms with Gasteiger partial charge in [0.1, 0.15) is 11.4 Å². The number of ether oxygens (including phenoxy) is 2. The van der Waals surface area contributed by atoms with E-state index in [0.29, 0.717) is 48.1 Å². The maximum absolute atomic E-state index is 13.5. The van der Waals surface area contributed by atoms with Gasteiger partial charge in [-0.15, -0.1) is 0 Å². The van der Waals surface area contributed by atoms with Crippen molar-refractivity contribution in [1.82, 2.24) is 15.6 Å². The Balaban J connectivity index is 1.81. The highest BCUT2D eigenvalue weighted by molar-refractivity contribution is 7.92. The largest absolute Gasteiger partial charge is 0.492 e. The summed E-state index contributed by atoms with van der Waals surface area (Å²) >= 11 is -1.10. The fourth-order valence-corrected chi connectivity index (χ4v) is 4.99. The van der Waals surface area contributed by atoms with E-state index in [9.17, 15) is 14.1 Å². The predicted octanol–water partition coefficient (Wildman–Crippen LogP) is 2.79. The van der Waals surface area contributed by atoms with Gasteiger partial charge in [-0.1, -0.05) is 26.8 Å². The number of anilines is 3. The number of methoxy groups -OCH3 is 1. The standard InChI is InChI=1S/C30H45N7O5S/c1-20-8-9-21(28(38)34-24-17-22(30(2,3)4)18-25(27(24)41-6)35-43(7)40)16-26(20)37(32-5)19-23(31)29(39)33-10-11-36-12-14-42-15-13-36/h8-9,16-19,32,35,40H,10-15,31H2,1-7H3,(H-,33,34,38,39)/p+1/b23-19-. The molecule has 2 aromatic rings. The summed E-state index contributed by atoms with van der Waals surface area (Å²) in [4.78, 5) is 28.5. The molecule has 7 N–H and O–H groups in total. The average molecular weight is 617 g/mol. The molecule has 2 amide bonds. The van der Waals surface area contributed by atoms with Crippen LogP contribution in [0.3, 0.4) is 0 Å². The van der Waals surface area contributed by atoms with Gasteiger partial charge in [-0.25, -0.2) is 5.43 Å². The van der Waals surface area contributed by atoms with Gasteiger partial charge < -0.3 is 25.8 Å². The predicted molar refractivity (Wildman–Crippen MR) is 174 cm³/mol. The quantitative estimate of drug-likeness (QED) is 0.119. The van der Waals surface area contributed by atoms with Gasteiger partial charge in [0.25, 0.3) is 23.2 Å². The van der Waals surface area contributed by atoms with E-state index in [4.69, 9.17) is 15.2 Å². The van der Waals surface area contributed by atoms with Gasteiger partial charge in [0.2, 0.25) is 0 Å². The summed E-state index contributed by atoms with van der Waals surface area (Å²) in [7, 11) is 3.22. The summed E-state index contributed by atoms with van der Waals surface area (Å²) in [6.45, 7) is 12.4. The fraction of sp³-hybridized carbons (Fsp3) is 0.467. The van der Waals surface area contributed by atoms with Crippen molar-refractivity contribution in [3.8, 4) is 5.75 Å². The van der Waals surface area contributed by atoms with E-state index in [1.54, 1.807) is 30.4 Å². The smallest absolute Gasteiger partial charge is 0.268 e. The number of hydrazine groups is 1. The van der Waals surface area contributed by atoms with E-state index >= 15 is 0 Å². The van der Waals surface area contributed by atoms with Crippen LogP contribution in [0.4, 0.5) is 17.1 Å². The Kier molecular flexibility index (Phi) is 12.1. The van der Waals surface area contributed by atoms with Crippen molar-refractivity contribution in [2.24, 2.45) is 5.73 Å². The molecule has 0 aromatic heterocycles. The van der Waals surface area contributed by atoms with Crippen LogP contribution in [0.15, 0.2) is 42.2 Å². The van der Waals surface area contributed by atoms with E-state index in [0.717, 1.165) is 30.8 Å². The molecule has 2 aromatic carbocycles. The van der Waals surface area contributed by atoms with Crippen LogP contribution in [0.2, 0.25) is 0 Å². The van der Waals surface area contributed by atoms with Crippen LogP contribution < -0.4 is 36.3 Å². The number of amides is 2. The lowest BCUT2D eigenvalue weighted by Gasteiger charge is -2.26. The number of nitrogens with one attached hydrogen (secondary N) is 4. The summed E-state index contributed by atoms with van der Waals surface area (Å²) in [5.41, 5.74) is 12.9. The molecule has 12 nitrogen and oxygen atoms in total. The minimum atomic E-state index is -1.10. The maximum atomic E-state index is 13.5. The third kappa shape index (κ3) is 9.50. The van der Waals surface area contributed by atoms with Gasteiger partial charge in [0.05, 0.1) is 37.9 Å². The number of morpholine rings is 1. The fourth-order valence-electron chi connectivity index (χ4n) is 4.52. The summed E-state index contributed by atoms with van der Waals surface area (Å²) in [5, 5.41) is 7.44. The number of nitrogens with zero attached hydrogens (tertiary/aromatic N) is 2. The number of hydrogen-bond acceptors (Lipinski definition) is 10. The van der Waals surface area contributed by atoms with Crippen molar-refractivity contribution < 1.29 is 23.6 Å². The summed E-state index contributed by atoms with van der Waals surface area (Å²) in [6.07, 6.45) is 3.14. The molecule has 236 valence electrons. The van der Waals surface area contributed by atoms with Crippen molar-refractivity contribution in [2.75, 3.05) is 74.9 Å². The molecule has 1 fully saturated rings. The average Bonchev–Trinajstić information content (AvgIpc) is 2.95. The van der Waals surface area contributed by atoms with E-state index in [-0.39, 0.29) is 22.9 Å². The summed E-state index contributed by atoms with van der Waals surface area (Å²) < 4.78 is 24.0. The minimum absolute atomic E-state index is 0.0214. The van der Waals surface area contributed by atoms with Crippen molar-refractivity contribution in [3.05, 3.63) is 58.9 Å². The van der Waals surface area contributed by atoms with Crippen LogP contribution in [0, 0.1) is 6.92 Å². The Bertz CT molecular complexity index is 1310.